The summed E-state index contributed by atoms with van der Waals surface area (Å²) in [4.78, 5) is 4.52. The molecule has 0 spiro atoms. The number of benzene rings is 2. The number of pyridine rings is 1. The van der Waals surface area contributed by atoms with Gasteiger partial charge in [-0.05, 0) is 24.6 Å². The first-order valence-electron chi connectivity index (χ1n) is 6.96. The van der Waals surface area contributed by atoms with Gasteiger partial charge in [-0.1, -0.05) is 48.5 Å². The Morgan fingerprint density at radius 1 is 1.00 bits per heavy atom. The van der Waals surface area contributed by atoms with Crippen molar-refractivity contribution in [2.24, 2.45) is 0 Å². The minimum atomic E-state index is -0.647. The third-order valence-corrected chi connectivity index (χ3v) is 3.40. The van der Waals surface area contributed by atoms with Crippen molar-refractivity contribution < 1.29 is 9.84 Å². The van der Waals surface area contributed by atoms with Crippen LogP contribution < -0.4 is 4.74 Å². The summed E-state index contributed by atoms with van der Waals surface area (Å²) in [6, 6.07) is 19.3. The van der Waals surface area contributed by atoms with E-state index in [4.69, 9.17) is 4.74 Å². The van der Waals surface area contributed by atoms with E-state index in [2.05, 4.69) is 4.98 Å². The number of aliphatic hydroxyl groups excluding tert-OH is 1. The van der Waals surface area contributed by atoms with Crippen molar-refractivity contribution in [1.82, 2.24) is 4.98 Å². The molecule has 3 nitrogen and oxygen atoms in total. The lowest BCUT2D eigenvalue weighted by atomic mass is 10.1. The molecule has 0 amide bonds. The predicted octanol–water partition coefficient (Wildman–Crippen LogP) is 3.66. The molecule has 0 saturated heterocycles. The molecule has 0 saturated carbocycles. The summed E-state index contributed by atoms with van der Waals surface area (Å²) in [7, 11) is 0. The third-order valence-electron chi connectivity index (χ3n) is 3.40. The quantitative estimate of drug-likeness (QED) is 0.792. The van der Waals surface area contributed by atoms with E-state index in [1.807, 2.05) is 67.6 Å². The molecule has 1 aromatic heterocycles. The Hall–Kier alpha value is -2.39. The van der Waals surface area contributed by atoms with Gasteiger partial charge in [-0.2, -0.15) is 0 Å². The van der Waals surface area contributed by atoms with Crippen LogP contribution in [0.1, 0.15) is 17.4 Å². The first-order valence-corrected chi connectivity index (χ1v) is 6.96. The van der Waals surface area contributed by atoms with Crippen LogP contribution in [0.2, 0.25) is 0 Å². The van der Waals surface area contributed by atoms with Crippen molar-refractivity contribution in [1.29, 1.82) is 0 Å². The van der Waals surface area contributed by atoms with Crippen LogP contribution in [0.25, 0.3) is 10.9 Å². The van der Waals surface area contributed by atoms with Gasteiger partial charge >= 0.3 is 0 Å². The van der Waals surface area contributed by atoms with Crippen molar-refractivity contribution in [3.63, 3.8) is 0 Å². The monoisotopic (exact) mass is 279 g/mol. The molecule has 3 aromatic rings. The van der Waals surface area contributed by atoms with Gasteiger partial charge in [0.1, 0.15) is 24.0 Å². The summed E-state index contributed by atoms with van der Waals surface area (Å²) < 4.78 is 5.78. The zero-order chi connectivity index (χ0) is 14.7. The predicted molar refractivity (Wildman–Crippen MR) is 83.4 cm³/mol. The van der Waals surface area contributed by atoms with Crippen LogP contribution >= 0.6 is 0 Å². The number of para-hydroxylation sites is 1. The molecule has 2 aromatic carbocycles. The molecule has 1 N–H and O–H groups in total. The van der Waals surface area contributed by atoms with Crippen LogP contribution in [0.3, 0.4) is 0 Å². The molecule has 1 heterocycles. The van der Waals surface area contributed by atoms with Gasteiger partial charge in [-0.15, -0.1) is 0 Å². The van der Waals surface area contributed by atoms with E-state index in [1.54, 1.807) is 0 Å². The van der Waals surface area contributed by atoms with Crippen LogP contribution in [0.5, 0.6) is 5.75 Å². The van der Waals surface area contributed by atoms with E-state index in [0.29, 0.717) is 5.75 Å². The fourth-order valence-corrected chi connectivity index (χ4v) is 2.27. The normalized spacial score (nSPS) is 12.3. The second-order valence-corrected chi connectivity index (χ2v) is 5.02. The molecular weight excluding hydrogens is 262 g/mol. The van der Waals surface area contributed by atoms with Crippen molar-refractivity contribution in [3.8, 4) is 5.75 Å². The molecule has 0 aliphatic rings. The number of hydrogen-bond donors (Lipinski definition) is 1. The number of aromatic nitrogens is 1. The minimum absolute atomic E-state index is 0.207. The van der Waals surface area contributed by atoms with Crippen molar-refractivity contribution in [3.05, 3.63) is 71.9 Å². The van der Waals surface area contributed by atoms with Gasteiger partial charge in [0.05, 0.1) is 0 Å². The van der Waals surface area contributed by atoms with E-state index >= 15 is 0 Å². The van der Waals surface area contributed by atoms with E-state index in [0.717, 1.165) is 22.2 Å². The maximum Gasteiger partial charge on any atom is 0.145 e. The third kappa shape index (κ3) is 3.03. The minimum Gasteiger partial charge on any atom is -0.488 e. The first kappa shape index (κ1) is 13.6. The molecule has 1 atom stereocenters. The maximum atomic E-state index is 10.2. The van der Waals surface area contributed by atoms with Gasteiger partial charge < -0.3 is 9.84 Å². The highest BCUT2D eigenvalue weighted by Gasteiger charge is 2.10. The lowest BCUT2D eigenvalue weighted by Crippen LogP contribution is -2.09. The average molecular weight is 279 g/mol. The largest absolute Gasteiger partial charge is 0.488 e. The second-order valence-electron chi connectivity index (χ2n) is 5.02. The summed E-state index contributed by atoms with van der Waals surface area (Å²) in [6.07, 6.45) is -0.647. The van der Waals surface area contributed by atoms with E-state index in [1.165, 1.54) is 0 Å². The van der Waals surface area contributed by atoms with E-state index < -0.39 is 6.10 Å². The number of rotatable bonds is 4. The van der Waals surface area contributed by atoms with Gasteiger partial charge in [0.15, 0.2) is 0 Å². The fraction of sp³-hybridized carbons (Fsp3) is 0.167. The SMILES string of the molecule is Cc1ccc2cccc(OCC(O)c3ccccc3)c2n1. The zero-order valence-electron chi connectivity index (χ0n) is 11.9. The second kappa shape index (κ2) is 5.94. The highest BCUT2D eigenvalue weighted by atomic mass is 16.5. The number of aliphatic hydroxyl groups is 1. The molecule has 0 aliphatic heterocycles. The van der Waals surface area contributed by atoms with Gasteiger partial charge in [0, 0.05) is 11.1 Å². The summed E-state index contributed by atoms with van der Waals surface area (Å²) in [5.41, 5.74) is 2.63. The molecule has 1 unspecified atom stereocenters. The molecule has 0 radical (unpaired) electrons. The van der Waals surface area contributed by atoms with Crippen molar-refractivity contribution >= 4 is 10.9 Å². The Morgan fingerprint density at radius 3 is 2.62 bits per heavy atom. The molecule has 0 bridgehead atoms. The van der Waals surface area contributed by atoms with Crippen LogP contribution in [0.15, 0.2) is 60.7 Å². The van der Waals surface area contributed by atoms with Gasteiger partial charge in [0.2, 0.25) is 0 Å². The summed E-state index contributed by atoms with van der Waals surface area (Å²) in [5, 5.41) is 11.2. The molecule has 106 valence electrons. The molecule has 0 aliphatic carbocycles. The Balaban J connectivity index is 1.81. The van der Waals surface area contributed by atoms with Crippen LogP contribution in [0.4, 0.5) is 0 Å². The Bertz CT molecular complexity index is 741. The topological polar surface area (TPSA) is 42.4 Å². The molecule has 3 rings (SSSR count). The van der Waals surface area contributed by atoms with Gasteiger partial charge in [-0.25, -0.2) is 4.98 Å². The van der Waals surface area contributed by atoms with E-state index in [-0.39, 0.29) is 6.61 Å². The van der Waals surface area contributed by atoms with Crippen LogP contribution in [-0.2, 0) is 0 Å². The highest BCUT2D eigenvalue weighted by Crippen LogP contribution is 2.25. The van der Waals surface area contributed by atoms with Crippen molar-refractivity contribution in [2.45, 2.75) is 13.0 Å². The Kier molecular flexibility index (Phi) is 3.84. The maximum absolute atomic E-state index is 10.2. The number of hydrogen-bond acceptors (Lipinski definition) is 3. The number of fused-ring (bicyclic) bond motifs is 1. The van der Waals surface area contributed by atoms with Gasteiger partial charge in [-0.3, -0.25) is 0 Å². The average Bonchev–Trinajstić information content (AvgIpc) is 2.53. The molecule has 0 fully saturated rings. The molecule has 21 heavy (non-hydrogen) atoms. The first-order chi connectivity index (χ1) is 10.2. The summed E-state index contributed by atoms with van der Waals surface area (Å²) >= 11 is 0. The van der Waals surface area contributed by atoms with Crippen LogP contribution in [0, 0.1) is 6.92 Å². The summed E-state index contributed by atoms with van der Waals surface area (Å²) in [6.45, 7) is 2.16. The highest BCUT2D eigenvalue weighted by molar-refractivity contribution is 5.84. The van der Waals surface area contributed by atoms with E-state index in [9.17, 15) is 5.11 Å². The number of nitrogens with zero attached hydrogens (tertiary/aromatic N) is 1. The zero-order valence-corrected chi connectivity index (χ0v) is 11.9. The lowest BCUT2D eigenvalue weighted by molar-refractivity contribution is 0.109. The van der Waals surface area contributed by atoms with Gasteiger partial charge in [0.25, 0.3) is 0 Å². The number of ether oxygens (including phenoxy) is 1. The lowest BCUT2D eigenvalue weighted by Gasteiger charge is -2.14. The molecular formula is C18H17NO2. The Morgan fingerprint density at radius 2 is 1.81 bits per heavy atom. The summed E-state index contributed by atoms with van der Waals surface area (Å²) in [5.74, 6) is 0.700. The Labute approximate surface area is 123 Å². The van der Waals surface area contributed by atoms with Crippen molar-refractivity contribution in [2.75, 3.05) is 6.61 Å². The standard InChI is InChI=1S/C18H17NO2/c1-13-10-11-15-8-5-9-17(18(15)19-13)21-12-16(20)14-6-3-2-4-7-14/h2-11,16,20H,12H2,1H3. The van der Waals surface area contributed by atoms with Crippen LogP contribution in [-0.4, -0.2) is 16.7 Å². The smallest absolute Gasteiger partial charge is 0.145 e. The number of aryl methyl sites for hydroxylation is 1. The fourth-order valence-electron chi connectivity index (χ4n) is 2.27. The molecule has 3 heteroatoms.